The number of carbonyl (C=O) groups is 1. The third-order valence-electron chi connectivity index (χ3n) is 6.01. The summed E-state index contributed by atoms with van der Waals surface area (Å²) in [6, 6.07) is 15.4. The molecule has 2 unspecified atom stereocenters. The van der Waals surface area contributed by atoms with Crippen LogP contribution < -0.4 is 4.74 Å². The maximum Gasteiger partial charge on any atom is 0.343 e. The highest BCUT2D eigenvalue weighted by Gasteiger charge is 2.36. The average molecular weight is 373 g/mol. The summed E-state index contributed by atoms with van der Waals surface area (Å²) in [6.07, 6.45) is 7.68. The standard InChI is InChI=1S/C25H27NO2/c1-3-17(2)26-24-15-19-13-14-20(28-25(27)18-9-5-4-6-10-18)16-23(19)21-11-7-8-12-22(21)24/h3-6,9-10,13-14,16-17,21-22H,1,7-8,11-12,15H2,2H3/b26-24-/t17?,21?,22-/m1/s1. The van der Waals surface area contributed by atoms with Crippen molar-refractivity contribution in [2.75, 3.05) is 0 Å². The molecule has 0 radical (unpaired) electrons. The molecule has 0 aromatic heterocycles. The predicted octanol–water partition coefficient (Wildman–Crippen LogP) is 5.75. The Kier molecular flexibility index (Phi) is 5.43. The second-order valence-corrected chi connectivity index (χ2v) is 7.89. The van der Waals surface area contributed by atoms with Crippen LogP contribution in [0.15, 0.2) is 66.2 Å². The number of carbonyl (C=O) groups excluding carboxylic acids is 1. The Morgan fingerprint density at radius 1 is 1.14 bits per heavy atom. The number of benzene rings is 2. The summed E-state index contributed by atoms with van der Waals surface area (Å²) in [4.78, 5) is 17.4. The Balaban J connectivity index is 1.62. The fourth-order valence-corrected chi connectivity index (χ4v) is 4.57. The highest BCUT2D eigenvalue weighted by atomic mass is 16.5. The molecule has 0 heterocycles. The van der Waals surface area contributed by atoms with E-state index >= 15 is 0 Å². The molecule has 3 atom stereocenters. The van der Waals surface area contributed by atoms with Crippen LogP contribution in [-0.4, -0.2) is 17.7 Å². The third-order valence-corrected chi connectivity index (χ3v) is 6.01. The molecular weight excluding hydrogens is 346 g/mol. The topological polar surface area (TPSA) is 38.7 Å². The van der Waals surface area contributed by atoms with E-state index in [9.17, 15) is 4.79 Å². The number of rotatable bonds is 4. The first kappa shape index (κ1) is 18.7. The van der Waals surface area contributed by atoms with E-state index in [2.05, 4.69) is 25.6 Å². The van der Waals surface area contributed by atoms with E-state index < -0.39 is 0 Å². The van der Waals surface area contributed by atoms with Crippen LogP contribution >= 0.6 is 0 Å². The highest BCUT2D eigenvalue weighted by molar-refractivity contribution is 5.93. The lowest BCUT2D eigenvalue weighted by Crippen LogP contribution is -2.33. The van der Waals surface area contributed by atoms with Crippen molar-refractivity contribution in [1.82, 2.24) is 0 Å². The fraction of sp³-hybridized carbons (Fsp3) is 0.360. The van der Waals surface area contributed by atoms with E-state index in [1.54, 1.807) is 12.1 Å². The van der Waals surface area contributed by atoms with E-state index in [4.69, 9.17) is 9.73 Å². The molecule has 0 bridgehead atoms. The van der Waals surface area contributed by atoms with Gasteiger partial charge in [0.1, 0.15) is 5.75 Å². The highest BCUT2D eigenvalue weighted by Crippen LogP contribution is 2.45. The van der Waals surface area contributed by atoms with Crippen LogP contribution in [-0.2, 0) is 6.42 Å². The number of ether oxygens (including phenoxy) is 1. The van der Waals surface area contributed by atoms with Gasteiger partial charge < -0.3 is 4.74 Å². The first-order valence-electron chi connectivity index (χ1n) is 10.2. The van der Waals surface area contributed by atoms with Crippen LogP contribution in [0, 0.1) is 5.92 Å². The molecular formula is C25H27NO2. The summed E-state index contributed by atoms with van der Waals surface area (Å²) in [6.45, 7) is 5.98. The molecule has 2 aromatic carbocycles. The number of hydrogen-bond donors (Lipinski definition) is 0. The molecule has 28 heavy (non-hydrogen) atoms. The van der Waals surface area contributed by atoms with Gasteiger partial charge in [0.05, 0.1) is 11.6 Å². The maximum absolute atomic E-state index is 12.4. The molecule has 144 valence electrons. The Morgan fingerprint density at radius 3 is 2.64 bits per heavy atom. The van der Waals surface area contributed by atoms with Crippen molar-refractivity contribution in [3.63, 3.8) is 0 Å². The minimum Gasteiger partial charge on any atom is -0.423 e. The SMILES string of the molecule is C=CC(C)/N=C1/Cc2ccc(OC(=O)c3ccccc3)cc2C2CCCC[C@@H]12. The van der Waals surface area contributed by atoms with Crippen molar-refractivity contribution >= 4 is 11.7 Å². The Hall–Kier alpha value is -2.68. The lowest BCUT2D eigenvalue weighted by atomic mass is 9.67. The largest absolute Gasteiger partial charge is 0.423 e. The average Bonchev–Trinajstić information content (AvgIpc) is 2.74. The van der Waals surface area contributed by atoms with Gasteiger partial charge in [0, 0.05) is 18.1 Å². The van der Waals surface area contributed by atoms with Gasteiger partial charge in [-0.05, 0) is 61.1 Å². The van der Waals surface area contributed by atoms with Crippen molar-refractivity contribution in [1.29, 1.82) is 0 Å². The minimum atomic E-state index is -0.307. The lowest BCUT2D eigenvalue weighted by Gasteiger charge is -2.38. The van der Waals surface area contributed by atoms with Crippen molar-refractivity contribution in [2.45, 2.75) is 51.0 Å². The number of fused-ring (bicyclic) bond motifs is 3. The van der Waals surface area contributed by atoms with Gasteiger partial charge in [0.2, 0.25) is 0 Å². The molecule has 0 amide bonds. The summed E-state index contributed by atoms with van der Waals surface area (Å²) >= 11 is 0. The summed E-state index contributed by atoms with van der Waals surface area (Å²) < 4.78 is 5.67. The zero-order chi connectivity index (χ0) is 19.5. The van der Waals surface area contributed by atoms with Gasteiger partial charge >= 0.3 is 5.97 Å². The lowest BCUT2D eigenvalue weighted by molar-refractivity contribution is 0.0734. The maximum atomic E-state index is 12.4. The first-order chi connectivity index (χ1) is 13.7. The molecule has 0 saturated heterocycles. The van der Waals surface area contributed by atoms with Crippen LogP contribution in [0.4, 0.5) is 0 Å². The molecule has 2 aromatic rings. The molecule has 1 saturated carbocycles. The van der Waals surface area contributed by atoms with Crippen molar-refractivity contribution in [3.8, 4) is 5.75 Å². The van der Waals surface area contributed by atoms with Crippen molar-refractivity contribution < 1.29 is 9.53 Å². The number of aliphatic imine (C=N–C) groups is 1. The number of nitrogens with zero attached hydrogens (tertiary/aromatic N) is 1. The monoisotopic (exact) mass is 373 g/mol. The van der Waals surface area contributed by atoms with Gasteiger partial charge in [-0.3, -0.25) is 4.99 Å². The summed E-state index contributed by atoms with van der Waals surface area (Å²) in [7, 11) is 0. The number of hydrogen-bond acceptors (Lipinski definition) is 3. The minimum absolute atomic E-state index is 0.158. The molecule has 2 aliphatic rings. The van der Waals surface area contributed by atoms with Crippen LogP contribution in [0.5, 0.6) is 5.75 Å². The Labute approximate surface area is 167 Å². The molecule has 1 fully saturated rings. The van der Waals surface area contributed by atoms with E-state index in [-0.39, 0.29) is 12.0 Å². The van der Waals surface area contributed by atoms with Crippen LogP contribution in [0.3, 0.4) is 0 Å². The van der Waals surface area contributed by atoms with Gasteiger partial charge in [-0.15, -0.1) is 6.58 Å². The van der Waals surface area contributed by atoms with E-state index in [1.807, 2.05) is 30.3 Å². The molecule has 2 aliphatic carbocycles. The Bertz CT molecular complexity index is 900. The summed E-state index contributed by atoms with van der Waals surface area (Å²) in [5.74, 6) is 1.31. The van der Waals surface area contributed by atoms with E-state index in [0.29, 0.717) is 23.1 Å². The van der Waals surface area contributed by atoms with Gasteiger partial charge in [0.15, 0.2) is 0 Å². The predicted molar refractivity (Wildman–Crippen MR) is 113 cm³/mol. The summed E-state index contributed by atoms with van der Waals surface area (Å²) in [5.41, 5.74) is 4.55. The molecule has 4 rings (SSSR count). The molecule has 0 aliphatic heterocycles. The second kappa shape index (κ2) is 8.14. The Morgan fingerprint density at radius 2 is 1.89 bits per heavy atom. The van der Waals surface area contributed by atoms with Crippen LogP contribution in [0.25, 0.3) is 0 Å². The van der Waals surface area contributed by atoms with Crippen molar-refractivity contribution in [2.24, 2.45) is 10.9 Å². The quantitative estimate of drug-likeness (QED) is 0.389. The fourth-order valence-electron chi connectivity index (χ4n) is 4.57. The molecule has 0 N–H and O–H groups in total. The third kappa shape index (κ3) is 3.80. The van der Waals surface area contributed by atoms with E-state index in [1.165, 1.54) is 42.5 Å². The summed E-state index contributed by atoms with van der Waals surface area (Å²) in [5, 5.41) is 0. The van der Waals surface area contributed by atoms with Gasteiger partial charge in [-0.25, -0.2) is 4.79 Å². The number of esters is 1. The zero-order valence-corrected chi connectivity index (χ0v) is 16.4. The van der Waals surface area contributed by atoms with Crippen molar-refractivity contribution in [3.05, 3.63) is 77.9 Å². The van der Waals surface area contributed by atoms with Gasteiger partial charge in [-0.1, -0.05) is 43.2 Å². The first-order valence-corrected chi connectivity index (χ1v) is 10.2. The molecule has 0 spiro atoms. The van der Waals surface area contributed by atoms with Crippen LogP contribution in [0.1, 0.15) is 60.0 Å². The second-order valence-electron chi connectivity index (χ2n) is 7.89. The normalized spacial score (nSPS) is 23.4. The molecule has 3 heteroatoms. The van der Waals surface area contributed by atoms with Crippen LogP contribution in [0.2, 0.25) is 0 Å². The van der Waals surface area contributed by atoms with Gasteiger partial charge in [-0.2, -0.15) is 0 Å². The smallest absolute Gasteiger partial charge is 0.343 e. The van der Waals surface area contributed by atoms with E-state index in [0.717, 1.165) is 6.42 Å². The zero-order valence-electron chi connectivity index (χ0n) is 16.4. The molecule has 3 nitrogen and oxygen atoms in total. The van der Waals surface area contributed by atoms with Gasteiger partial charge in [0.25, 0.3) is 0 Å².